The fourth-order valence-electron chi connectivity index (χ4n) is 1.30. The summed E-state index contributed by atoms with van der Waals surface area (Å²) in [7, 11) is 1.75. The standard InChI is InChI=1S/C11H19NO2.ClH/c1-13-8-4-2-3-7-12-10-11-6-5-9-14-11;/h5-6,9,12H,2-4,7-8,10H2,1H3;1H. The Balaban J connectivity index is 0.00000196. The molecule has 4 heteroatoms. The Morgan fingerprint density at radius 3 is 2.87 bits per heavy atom. The zero-order valence-corrected chi connectivity index (χ0v) is 10.0. The highest BCUT2D eigenvalue weighted by molar-refractivity contribution is 5.85. The number of hydrogen-bond acceptors (Lipinski definition) is 3. The molecule has 3 nitrogen and oxygen atoms in total. The van der Waals surface area contributed by atoms with E-state index in [0.29, 0.717) is 0 Å². The Hall–Kier alpha value is -0.510. The minimum atomic E-state index is 0. The molecule has 0 spiro atoms. The summed E-state index contributed by atoms with van der Waals surface area (Å²) < 4.78 is 10.2. The van der Waals surface area contributed by atoms with Crippen LogP contribution in [0.25, 0.3) is 0 Å². The molecule has 0 aromatic carbocycles. The smallest absolute Gasteiger partial charge is 0.117 e. The second-order valence-corrected chi connectivity index (χ2v) is 3.31. The van der Waals surface area contributed by atoms with Gasteiger partial charge in [-0.05, 0) is 37.9 Å². The SMILES string of the molecule is COCCCCCNCc1ccco1.Cl. The van der Waals surface area contributed by atoms with E-state index in [4.69, 9.17) is 9.15 Å². The molecule has 0 radical (unpaired) electrons. The monoisotopic (exact) mass is 233 g/mol. The van der Waals surface area contributed by atoms with Gasteiger partial charge in [0, 0.05) is 13.7 Å². The van der Waals surface area contributed by atoms with Crippen LogP contribution in [0.2, 0.25) is 0 Å². The van der Waals surface area contributed by atoms with Crippen LogP contribution in [0.3, 0.4) is 0 Å². The first kappa shape index (κ1) is 14.5. The lowest BCUT2D eigenvalue weighted by Gasteiger charge is -2.02. The molecule has 0 atom stereocenters. The van der Waals surface area contributed by atoms with E-state index in [1.807, 2.05) is 12.1 Å². The number of unbranched alkanes of at least 4 members (excludes halogenated alkanes) is 2. The molecule has 1 aromatic heterocycles. The number of hydrogen-bond donors (Lipinski definition) is 1. The van der Waals surface area contributed by atoms with Crippen molar-refractivity contribution in [2.24, 2.45) is 0 Å². The third-order valence-electron chi connectivity index (χ3n) is 2.08. The molecule has 1 rings (SSSR count). The molecular formula is C11H20ClNO2. The molecule has 1 aromatic rings. The van der Waals surface area contributed by atoms with Crippen molar-refractivity contribution >= 4 is 12.4 Å². The first-order valence-corrected chi connectivity index (χ1v) is 5.15. The number of furan rings is 1. The van der Waals surface area contributed by atoms with E-state index in [-0.39, 0.29) is 12.4 Å². The fraction of sp³-hybridized carbons (Fsp3) is 0.636. The van der Waals surface area contributed by atoms with Crippen LogP contribution in [0.4, 0.5) is 0 Å². The average Bonchev–Trinajstić information content (AvgIpc) is 2.69. The van der Waals surface area contributed by atoms with Crippen molar-refractivity contribution in [3.63, 3.8) is 0 Å². The number of methoxy groups -OCH3 is 1. The summed E-state index contributed by atoms with van der Waals surface area (Å²) in [4.78, 5) is 0. The van der Waals surface area contributed by atoms with Gasteiger partial charge in [-0.2, -0.15) is 0 Å². The van der Waals surface area contributed by atoms with Gasteiger partial charge in [-0.3, -0.25) is 0 Å². The second-order valence-electron chi connectivity index (χ2n) is 3.31. The first-order chi connectivity index (χ1) is 6.93. The Morgan fingerprint density at radius 1 is 1.33 bits per heavy atom. The lowest BCUT2D eigenvalue weighted by molar-refractivity contribution is 0.192. The molecule has 0 fully saturated rings. The summed E-state index contributed by atoms with van der Waals surface area (Å²) in [6.07, 6.45) is 5.28. The fourth-order valence-corrected chi connectivity index (χ4v) is 1.30. The quantitative estimate of drug-likeness (QED) is 0.701. The van der Waals surface area contributed by atoms with E-state index in [2.05, 4.69) is 5.32 Å². The Morgan fingerprint density at radius 2 is 2.20 bits per heavy atom. The van der Waals surface area contributed by atoms with Crippen LogP contribution in [0.1, 0.15) is 25.0 Å². The van der Waals surface area contributed by atoms with Crippen LogP contribution >= 0.6 is 12.4 Å². The maximum absolute atomic E-state index is 5.20. The van der Waals surface area contributed by atoms with Crippen molar-refractivity contribution in [3.8, 4) is 0 Å². The maximum Gasteiger partial charge on any atom is 0.117 e. The van der Waals surface area contributed by atoms with Crippen LogP contribution in [0, 0.1) is 0 Å². The van der Waals surface area contributed by atoms with Gasteiger partial charge in [0.05, 0.1) is 12.8 Å². The third-order valence-corrected chi connectivity index (χ3v) is 2.08. The second kappa shape index (κ2) is 10.0. The normalized spacial score (nSPS) is 9.93. The minimum absolute atomic E-state index is 0. The van der Waals surface area contributed by atoms with Crippen LogP contribution in [0.5, 0.6) is 0 Å². The zero-order valence-electron chi connectivity index (χ0n) is 9.20. The number of nitrogens with one attached hydrogen (secondary N) is 1. The van der Waals surface area contributed by atoms with Gasteiger partial charge in [0.25, 0.3) is 0 Å². The topological polar surface area (TPSA) is 34.4 Å². The lowest BCUT2D eigenvalue weighted by atomic mass is 10.2. The van der Waals surface area contributed by atoms with E-state index in [9.17, 15) is 0 Å². The Labute approximate surface area is 97.6 Å². The third kappa shape index (κ3) is 7.42. The first-order valence-electron chi connectivity index (χ1n) is 5.15. The van der Waals surface area contributed by atoms with Gasteiger partial charge in [-0.25, -0.2) is 0 Å². The molecule has 1 heterocycles. The Kier molecular flexibility index (Phi) is 9.68. The van der Waals surface area contributed by atoms with E-state index < -0.39 is 0 Å². The highest BCUT2D eigenvalue weighted by atomic mass is 35.5. The maximum atomic E-state index is 5.20. The summed E-state index contributed by atoms with van der Waals surface area (Å²) in [6.45, 7) is 2.75. The highest BCUT2D eigenvalue weighted by Crippen LogP contribution is 1.99. The molecule has 1 N–H and O–H groups in total. The number of rotatable bonds is 8. The summed E-state index contributed by atoms with van der Waals surface area (Å²) in [5.74, 6) is 1.00. The molecule has 15 heavy (non-hydrogen) atoms. The van der Waals surface area contributed by atoms with Crippen LogP contribution < -0.4 is 5.32 Å². The molecular weight excluding hydrogens is 214 g/mol. The molecule has 0 saturated carbocycles. The predicted molar refractivity (Wildman–Crippen MR) is 63.4 cm³/mol. The van der Waals surface area contributed by atoms with E-state index in [0.717, 1.165) is 31.9 Å². The predicted octanol–water partition coefficient (Wildman–Crippen LogP) is 2.61. The highest BCUT2D eigenvalue weighted by Gasteiger charge is 1.93. The van der Waals surface area contributed by atoms with Crippen molar-refractivity contribution in [3.05, 3.63) is 24.2 Å². The van der Waals surface area contributed by atoms with Gasteiger partial charge in [0.1, 0.15) is 5.76 Å². The summed E-state index contributed by atoms with van der Waals surface area (Å²) in [5.41, 5.74) is 0. The van der Waals surface area contributed by atoms with Gasteiger partial charge in [0.15, 0.2) is 0 Å². The summed E-state index contributed by atoms with van der Waals surface area (Å²) in [5, 5.41) is 3.33. The van der Waals surface area contributed by atoms with Gasteiger partial charge in [0.2, 0.25) is 0 Å². The van der Waals surface area contributed by atoms with Gasteiger partial charge in [-0.15, -0.1) is 12.4 Å². The average molecular weight is 234 g/mol. The van der Waals surface area contributed by atoms with Crippen LogP contribution in [0.15, 0.2) is 22.8 Å². The molecule has 0 aliphatic heterocycles. The van der Waals surface area contributed by atoms with Crippen molar-refractivity contribution in [2.45, 2.75) is 25.8 Å². The van der Waals surface area contributed by atoms with Crippen LogP contribution in [-0.4, -0.2) is 20.3 Å². The van der Waals surface area contributed by atoms with E-state index >= 15 is 0 Å². The largest absolute Gasteiger partial charge is 0.468 e. The minimum Gasteiger partial charge on any atom is -0.468 e. The number of halogens is 1. The Bertz CT molecular complexity index is 214. The van der Waals surface area contributed by atoms with Gasteiger partial charge >= 0.3 is 0 Å². The lowest BCUT2D eigenvalue weighted by Crippen LogP contribution is -2.14. The molecule has 0 bridgehead atoms. The molecule has 88 valence electrons. The van der Waals surface area contributed by atoms with Crippen LogP contribution in [-0.2, 0) is 11.3 Å². The van der Waals surface area contributed by atoms with Crippen molar-refractivity contribution in [1.29, 1.82) is 0 Å². The van der Waals surface area contributed by atoms with Gasteiger partial charge in [-0.1, -0.05) is 0 Å². The van der Waals surface area contributed by atoms with Crippen molar-refractivity contribution in [1.82, 2.24) is 5.32 Å². The molecule has 0 saturated heterocycles. The van der Waals surface area contributed by atoms with Crippen molar-refractivity contribution in [2.75, 3.05) is 20.3 Å². The summed E-state index contributed by atoms with van der Waals surface area (Å²) in [6, 6.07) is 3.90. The van der Waals surface area contributed by atoms with E-state index in [1.165, 1.54) is 12.8 Å². The van der Waals surface area contributed by atoms with E-state index in [1.54, 1.807) is 13.4 Å². The van der Waals surface area contributed by atoms with Crippen molar-refractivity contribution < 1.29 is 9.15 Å². The van der Waals surface area contributed by atoms with Gasteiger partial charge < -0.3 is 14.5 Å². The summed E-state index contributed by atoms with van der Waals surface area (Å²) >= 11 is 0. The molecule has 0 amide bonds. The molecule has 0 unspecified atom stereocenters. The number of ether oxygens (including phenoxy) is 1. The zero-order chi connectivity index (χ0) is 10.1. The molecule has 0 aliphatic rings. The molecule has 0 aliphatic carbocycles.